The highest BCUT2D eigenvalue weighted by atomic mass is 16.6. The Morgan fingerprint density at radius 3 is 2.74 bits per heavy atom. The van der Waals surface area contributed by atoms with E-state index < -0.39 is 10.8 Å². The molecule has 0 bridgehead atoms. The number of primary amides is 1. The van der Waals surface area contributed by atoms with Crippen molar-refractivity contribution in [2.45, 2.75) is 6.92 Å². The lowest BCUT2D eigenvalue weighted by molar-refractivity contribution is -0.400. The zero-order chi connectivity index (χ0) is 14.3. The summed E-state index contributed by atoms with van der Waals surface area (Å²) in [6, 6.07) is 4.76. The molecule has 102 valence electrons. The average Bonchev–Trinajstić information content (AvgIpc) is 2.35. The number of nitrogens with zero attached hydrogens (tertiary/aromatic N) is 1. The molecule has 19 heavy (non-hydrogen) atoms. The number of hydrogen-bond donors (Lipinski definition) is 1. The van der Waals surface area contributed by atoms with Gasteiger partial charge < -0.3 is 15.2 Å². The molecule has 1 aromatic carbocycles. The molecule has 0 spiro atoms. The van der Waals surface area contributed by atoms with Gasteiger partial charge in [0.1, 0.15) is 0 Å². The summed E-state index contributed by atoms with van der Waals surface area (Å²) < 4.78 is 10.5. The Balaban J connectivity index is 2.93. The number of nitrogens with two attached hydrogens (primary N) is 1. The third-order valence-electron chi connectivity index (χ3n) is 2.03. The van der Waals surface area contributed by atoms with Gasteiger partial charge in [0.25, 0.3) is 5.91 Å². The van der Waals surface area contributed by atoms with Gasteiger partial charge in [-0.15, -0.1) is 0 Å². The van der Waals surface area contributed by atoms with Gasteiger partial charge in [0.15, 0.2) is 18.1 Å². The quantitative estimate of drug-likeness (QED) is 0.589. The molecule has 0 aliphatic heterocycles. The first kappa shape index (κ1) is 14.5. The second-order valence-electron chi connectivity index (χ2n) is 3.50. The molecule has 0 aliphatic carbocycles. The van der Waals surface area contributed by atoms with Crippen LogP contribution in [0.3, 0.4) is 0 Å². The molecule has 0 heterocycles. The van der Waals surface area contributed by atoms with Gasteiger partial charge >= 0.3 is 0 Å². The summed E-state index contributed by atoms with van der Waals surface area (Å²) >= 11 is 0. The standard InChI is InChI=1S/C12H14N2O5/c1-2-18-11-7-9(5-6-14(16)17)3-4-10(11)19-8-12(13)15/h3-7H,2,8H2,1H3,(H2,13,15)/b6-5+. The van der Waals surface area contributed by atoms with Crippen molar-refractivity contribution < 1.29 is 19.2 Å². The normalized spacial score (nSPS) is 10.4. The second kappa shape index (κ2) is 7.00. The van der Waals surface area contributed by atoms with Crippen LogP contribution in [0.25, 0.3) is 6.08 Å². The van der Waals surface area contributed by atoms with Gasteiger partial charge in [-0.05, 0) is 24.6 Å². The maximum Gasteiger partial charge on any atom is 0.255 e. The zero-order valence-corrected chi connectivity index (χ0v) is 10.4. The summed E-state index contributed by atoms with van der Waals surface area (Å²) in [5, 5.41) is 10.2. The molecule has 1 aromatic rings. The van der Waals surface area contributed by atoms with Gasteiger partial charge in [0.05, 0.1) is 11.5 Å². The van der Waals surface area contributed by atoms with Crippen LogP contribution in [-0.4, -0.2) is 24.0 Å². The van der Waals surface area contributed by atoms with Crippen molar-refractivity contribution in [3.8, 4) is 11.5 Å². The maximum atomic E-state index is 10.7. The molecule has 2 N–H and O–H groups in total. The SMILES string of the molecule is CCOc1cc(/C=C/[N+](=O)[O-])ccc1OCC(N)=O. The van der Waals surface area contributed by atoms with Crippen LogP contribution < -0.4 is 15.2 Å². The molecule has 7 heteroatoms. The highest BCUT2D eigenvalue weighted by molar-refractivity contribution is 5.75. The first-order valence-corrected chi connectivity index (χ1v) is 5.52. The fourth-order valence-corrected chi connectivity index (χ4v) is 1.31. The van der Waals surface area contributed by atoms with E-state index in [4.69, 9.17) is 15.2 Å². The lowest BCUT2D eigenvalue weighted by Crippen LogP contribution is -2.20. The number of rotatable bonds is 7. The van der Waals surface area contributed by atoms with Gasteiger partial charge in [-0.1, -0.05) is 6.07 Å². The Morgan fingerprint density at radius 2 is 2.16 bits per heavy atom. The minimum atomic E-state index is -0.597. The summed E-state index contributed by atoms with van der Waals surface area (Å²) in [5.74, 6) is 0.160. The highest BCUT2D eigenvalue weighted by Crippen LogP contribution is 2.28. The molecule has 0 fully saturated rings. The minimum absolute atomic E-state index is 0.260. The van der Waals surface area contributed by atoms with Crippen LogP contribution in [-0.2, 0) is 4.79 Å². The molecular weight excluding hydrogens is 252 g/mol. The van der Waals surface area contributed by atoms with E-state index in [1.807, 2.05) is 0 Å². The Bertz CT molecular complexity index is 499. The molecule has 0 unspecified atom stereocenters. The summed E-state index contributed by atoms with van der Waals surface area (Å²) in [4.78, 5) is 20.3. The summed E-state index contributed by atoms with van der Waals surface area (Å²) in [6.07, 6.45) is 2.16. The fourth-order valence-electron chi connectivity index (χ4n) is 1.31. The van der Waals surface area contributed by atoms with Crippen LogP contribution in [0, 0.1) is 10.1 Å². The third-order valence-corrected chi connectivity index (χ3v) is 2.03. The minimum Gasteiger partial charge on any atom is -0.490 e. The van der Waals surface area contributed by atoms with Gasteiger partial charge in [0, 0.05) is 6.08 Å². The number of benzene rings is 1. The van der Waals surface area contributed by atoms with E-state index in [0.29, 0.717) is 23.7 Å². The molecule has 0 atom stereocenters. The van der Waals surface area contributed by atoms with Crippen molar-refractivity contribution in [2.75, 3.05) is 13.2 Å². The number of ether oxygens (including phenoxy) is 2. The predicted molar refractivity (Wildman–Crippen MR) is 68.3 cm³/mol. The Hall–Kier alpha value is -2.57. The zero-order valence-electron chi connectivity index (χ0n) is 10.4. The molecule has 0 radical (unpaired) electrons. The number of carbonyl (C=O) groups is 1. The number of nitro groups is 1. The van der Waals surface area contributed by atoms with Crippen molar-refractivity contribution in [3.05, 3.63) is 40.1 Å². The summed E-state index contributed by atoms with van der Waals surface area (Å²) in [6.45, 7) is 1.93. The molecule has 0 aliphatic rings. The van der Waals surface area contributed by atoms with E-state index in [2.05, 4.69) is 0 Å². The Morgan fingerprint density at radius 1 is 1.42 bits per heavy atom. The summed E-state index contributed by atoms with van der Waals surface area (Å²) in [5.41, 5.74) is 5.57. The number of carbonyl (C=O) groups excluding carboxylic acids is 1. The van der Waals surface area contributed by atoms with Crippen LogP contribution in [0.1, 0.15) is 12.5 Å². The van der Waals surface area contributed by atoms with Gasteiger partial charge in [-0.3, -0.25) is 14.9 Å². The fraction of sp³-hybridized carbons (Fsp3) is 0.250. The summed E-state index contributed by atoms with van der Waals surface area (Å²) in [7, 11) is 0. The molecule has 7 nitrogen and oxygen atoms in total. The largest absolute Gasteiger partial charge is 0.490 e. The van der Waals surface area contributed by atoms with E-state index >= 15 is 0 Å². The number of amides is 1. The van der Waals surface area contributed by atoms with Crippen LogP contribution in [0.2, 0.25) is 0 Å². The smallest absolute Gasteiger partial charge is 0.255 e. The van der Waals surface area contributed by atoms with Crippen LogP contribution in [0.4, 0.5) is 0 Å². The van der Waals surface area contributed by atoms with E-state index in [9.17, 15) is 14.9 Å². The molecular formula is C12H14N2O5. The first-order chi connectivity index (χ1) is 9.02. The van der Waals surface area contributed by atoms with Crippen molar-refractivity contribution >= 4 is 12.0 Å². The molecule has 0 saturated heterocycles. The molecule has 0 saturated carbocycles. The first-order valence-electron chi connectivity index (χ1n) is 5.52. The van der Waals surface area contributed by atoms with Crippen molar-refractivity contribution in [2.24, 2.45) is 5.73 Å². The van der Waals surface area contributed by atoms with Crippen molar-refractivity contribution in [1.82, 2.24) is 0 Å². The second-order valence-corrected chi connectivity index (χ2v) is 3.50. The van der Waals surface area contributed by atoms with E-state index in [0.717, 1.165) is 6.20 Å². The lowest BCUT2D eigenvalue weighted by atomic mass is 10.2. The van der Waals surface area contributed by atoms with E-state index in [1.54, 1.807) is 25.1 Å². The third kappa shape index (κ3) is 5.07. The molecule has 1 rings (SSSR count). The van der Waals surface area contributed by atoms with Crippen molar-refractivity contribution in [3.63, 3.8) is 0 Å². The average molecular weight is 266 g/mol. The van der Waals surface area contributed by atoms with E-state index in [-0.39, 0.29) is 6.61 Å². The molecule has 1 amide bonds. The van der Waals surface area contributed by atoms with Crippen molar-refractivity contribution in [1.29, 1.82) is 0 Å². The van der Waals surface area contributed by atoms with Gasteiger partial charge in [-0.2, -0.15) is 0 Å². The predicted octanol–water partition coefficient (Wildman–Crippen LogP) is 1.20. The van der Waals surface area contributed by atoms with Gasteiger partial charge in [-0.25, -0.2) is 0 Å². The Labute approximate surface area is 109 Å². The highest BCUT2D eigenvalue weighted by Gasteiger charge is 2.07. The van der Waals surface area contributed by atoms with Crippen LogP contribution in [0.15, 0.2) is 24.4 Å². The molecule has 0 aromatic heterocycles. The Kier molecular flexibility index (Phi) is 5.34. The van der Waals surface area contributed by atoms with E-state index in [1.165, 1.54) is 6.08 Å². The van der Waals surface area contributed by atoms with Gasteiger partial charge in [0.2, 0.25) is 6.20 Å². The maximum absolute atomic E-state index is 10.7. The lowest BCUT2D eigenvalue weighted by Gasteiger charge is -2.11. The van der Waals surface area contributed by atoms with Crippen LogP contribution in [0.5, 0.6) is 11.5 Å². The monoisotopic (exact) mass is 266 g/mol. The van der Waals surface area contributed by atoms with Crippen LogP contribution >= 0.6 is 0 Å². The number of hydrogen-bond acceptors (Lipinski definition) is 5. The topological polar surface area (TPSA) is 105 Å².